The van der Waals surface area contributed by atoms with Gasteiger partial charge in [0.15, 0.2) is 0 Å². The van der Waals surface area contributed by atoms with Crippen LogP contribution in [-0.2, 0) is 19.1 Å². The van der Waals surface area contributed by atoms with Crippen molar-refractivity contribution in [2.45, 2.75) is 55.2 Å². The van der Waals surface area contributed by atoms with Crippen LogP contribution >= 0.6 is 11.8 Å². The van der Waals surface area contributed by atoms with E-state index in [2.05, 4.69) is 31.9 Å². The second-order valence-electron chi connectivity index (χ2n) is 11.8. The van der Waals surface area contributed by atoms with Crippen molar-refractivity contribution in [3.8, 4) is 0 Å². The summed E-state index contributed by atoms with van der Waals surface area (Å²) < 4.78 is 4.80. The number of rotatable bonds is 13. The maximum absolute atomic E-state index is 14.5. The van der Waals surface area contributed by atoms with E-state index in [0.29, 0.717) is 45.7 Å². The second kappa shape index (κ2) is 12.7. The number of aliphatic hydroxyl groups is 1. The van der Waals surface area contributed by atoms with Crippen LogP contribution in [0.15, 0.2) is 25.3 Å². The van der Waals surface area contributed by atoms with Crippen molar-refractivity contribution in [1.29, 1.82) is 0 Å². The number of carbonyl (C=O) groups is 3. The third kappa shape index (κ3) is 5.67. The van der Waals surface area contributed by atoms with Gasteiger partial charge in [-0.2, -0.15) is 0 Å². The van der Waals surface area contributed by atoms with Gasteiger partial charge in [0.1, 0.15) is 6.04 Å². The molecule has 6 atom stereocenters. The number of hydrogen-bond acceptors (Lipinski definition) is 7. The SMILES string of the molecule is C=CCN(C)C(=O)[C@@H]1[C@H]2C(=O)N([C@@H](CO)CC(C)C)C(C(=O)N(CC=C)CCN3CCOCC3)C23CC[C@H]1S3. The Labute approximate surface area is 237 Å². The minimum Gasteiger partial charge on any atom is -0.394 e. The summed E-state index contributed by atoms with van der Waals surface area (Å²) in [6.07, 6.45) is 5.53. The van der Waals surface area contributed by atoms with Crippen molar-refractivity contribution in [2.24, 2.45) is 17.8 Å². The highest BCUT2D eigenvalue weighted by Gasteiger charge is 2.74. The first-order chi connectivity index (χ1) is 18.7. The molecule has 0 aliphatic carbocycles. The number of thioether (sulfide) groups is 1. The van der Waals surface area contributed by atoms with E-state index >= 15 is 0 Å². The van der Waals surface area contributed by atoms with E-state index in [1.807, 2.05) is 4.90 Å². The monoisotopic (exact) mass is 562 g/mol. The van der Waals surface area contributed by atoms with Crippen LogP contribution in [0.25, 0.3) is 0 Å². The zero-order valence-corrected chi connectivity index (χ0v) is 24.6. The summed E-state index contributed by atoms with van der Waals surface area (Å²) in [4.78, 5) is 50.0. The van der Waals surface area contributed by atoms with Crippen LogP contribution in [0.5, 0.6) is 0 Å². The van der Waals surface area contributed by atoms with E-state index in [0.717, 1.165) is 26.1 Å². The highest BCUT2D eigenvalue weighted by atomic mass is 32.2. The highest BCUT2D eigenvalue weighted by molar-refractivity contribution is 8.02. The quantitative estimate of drug-likeness (QED) is 0.340. The normalized spacial score (nSPS) is 30.9. The summed E-state index contributed by atoms with van der Waals surface area (Å²) in [6.45, 7) is 16.6. The Morgan fingerprint density at radius 3 is 2.51 bits per heavy atom. The van der Waals surface area contributed by atoms with Gasteiger partial charge in [-0.1, -0.05) is 26.0 Å². The molecule has 4 heterocycles. The number of ether oxygens (including phenoxy) is 1. The molecule has 1 N–H and O–H groups in total. The molecule has 9 nitrogen and oxygen atoms in total. The molecule has 2 bridgehead atoms. The second-order valence-corrected chi connectivity index (χ2v) is 13.4. The van der Waals surface area contributed by atoms with Crippen molar-refractivity contribution in [1.82, 2.24) is 19.6 Å². The lowest BCUT2D eigenvalue weighted by atomic mass is 9.70. The Morgan fingerprint density at radius 1 is 1.21 bits per heavy atom. The van der Waals surface area contributed by atoms with Crippen LogP contribution in [0.1, 0.15) is 33.1 Å². The smallest absolute Gasteiger partial charge is 0.247 e. The highest BCUT2D eigenvalue weighted by Crippen LogP contribution is 2.67. The summed E-state index contributed by atoms with van der Waals surface area (Å²) in [5.41, 5.74) is 0. The Bertz CT molecular complexity index is 941. The summed E-state index contributed by atoms with van der Waals surface area (Å²) in [7, 11) is 1.75. The molecule has 0 aromatic heterocycles. The van der Waals surface area contributed by atoms with Crippen molar-refractivity contribution in [3.05, 3.63) is 25.3 Å². The number of amides is 3. The molecule has 4 aliphatic rings. The zero-order chi connectivity index (χ0) is 28.3. The van der Waals surface area contributed by atoms with E-state index in [4.69, 9.17) is 4.74 Å². The van der Waals surface area contributed by atoms with Crippen LogP contribution in [0.2, 0.25) is 0 Å². The van der Waals surface area contributed by atoms with E-state index in [9.17, 15) is 19.5 Å². The van der Waals surface area contributed by atoms with Gasteiger partial charge in [0.2, 0.25) is 17.7 Å². The Balaban J connectivity index is 1.69. The number of carbonyl (C=O) groups excluding carboxylic acids is 3. The first kappa shape index (κ1) is 30.1. The van der Waals surface area contributed by atoms with E-state index < -0.39 is 28.7 Å². The molecular formula is C29H46N4O5S. The molecule has 1 spiro atoms. The molecule has 4 aliphatic heterocycles. The largest absolute Gasteiger partial charge is 0.394 e. The van der Waals surface area contributed by atoms with Crippen LogP contribution in [0.3, 0.4) is 0 Å². The lowest BCUT2D eigenvalue weighted by Gasteiger charge is -2.40. The van der Waals surface area contributed by atoms with Gasteiger partial charge in [0, 0.05) is 51.6 Å². The molecule has 0 aromatic carbocycles. The molecule has 4 fully saturated rings. The fourth-order valence-corrected chi connectivity index (χ4v) is 9.30. The Morgan fingerprint density at radius 2 is 1.90 bits per heavy atom. The molecule has 2 unspecified atom stereocenters. The average molecular weight is 563 g/mol. The molecule has 39 heavy (non-hydrogen) atoms. The van der Waals surface area contributed by atoms with Gasteiger partial charge in [-0.05, 0) is 25.2 Å². The number of nitrogens with zero attached hydrogens (tertiary/aromatic N) is 4. The van der Waals surface area contributed by atoms with Crippen LogP contribution in [0, 0.1) is 17.8 Å². The Hall–Kier alpha value is -1.88. The van der Waals surface area contributed by atoms with Crippen molar-refractivity contribution in [3.63, 3.8) is 0 Å². The molecular weight excluding hydrogens is 516 g/mol. The maximum atomic E-state index is 14.5. The van der Waals surface area contributed by atoms with Gasteiger partial charge in [0.05, 0.1) is 42.4 Å². The standard InChI is InChI=1S/C29H46N4O5S/c1-6-10-30(5)26(35)23-22-8-9-29(39-22)24(23)27(36)33(21(19-34)18-20(3)4)25(29)28(37)32(11-7-2)13-12-31-14-16-38-17-15-31/h6-7,20-25,34H,1-2,8-19H2,3-5H3/t21-,22-,23+,24+,25?,29?/m1/s1. The summed E-state index contributed by atoms with van der Waals surface area (Å²) in [5, 5.41) is 10.5. The first-order valence-electron chi connectivity index (χ1n) is 14.4. The van der Waals surface area contributed by atoms with Gasteiger partial charge in [-0.3, -0.25) is 19.3 Å². The number of aliphatic hydroxyl groups excluding tert-OH is 1. The topological polar surface area (TPSA) is 93.6 Å². The van der Waals surface area contributed by atoms with Gasteiger partial charge in [-0.15, -0.1) is 24.9 Å². The fourth-order valence-electron chi connectivity index (χ4n) is 7.11. The van der Waals surface area contributed by atoms with E-state index in [1.165, 1.54) is 0 Å². The zero-order valence-electron chi connectivity index (χ0n) is 23.8. The molecule has 4 rings (SSSR count). The fraction of sp³-hybridized carbons (Fsp3) is 0.759. The summed E-state index contributed by atoms with van der Waals surface area (Å²) in [5.74, 6) is -1.11. The summed E-state index contributed by atoms with van der Waals surface area (Å²) in [6, 6.07) is -1.19. The van der Waals surface area contributed by atoms with Gasteiger partial charge in [0.25, 0.3) is 0 Å². The average Bonchev–Trinajstić information content (AvgIpc) is 3.57. The molecule has 0 saturated carbocycles. The van der Waals surface area contributed by atoms with E-state index in [1.54, 1.807) is 40.8 Å². The number of hydrogen-bond donors (Lipinski definition) is 1. The van der Waals surface area contributed by atoms with Crippen molar-refractivity contribution >= 4 is 29.5 Å². The number of fused-ring (bicyclic) bond motifs is 1. The van der Waals surface area contributed by atoms with Crippen molar-refractivity contribution in [2.75, 3.05) is 66.1 Å². The third-order valence-electron chi connectivity index (χ3n) is 8.83. The lowest BCUT2D eigenvalue weighted by molar-refractivity contribution is -0.147. The van der Waals surface area contributed by atoms with Gasteiger partial charge >= 0.3 is 0 Å². The molecule has 218 valence electrons. The van der Waals surface area contributed by atoms with Crippen LogP contribution in [-0.4, -0.2) is 131 Å². The van der Waals surface area contributed by atoms with Crippen LogP contribution < -0.4 is 0 Å². The van der Waals surface area contributed by atoms with Crippen molar-refractivity contribution < 1.29 is 24.2 Å². The number of morpholine rings is 1. The number of likely N-dealkylation sites (tertiary alicyclic amines) is 1. The predicted octanol–water partition coefficient (Wildman–Crippen LogP) is 1.48. The molecule has 10 heteroatoms. The molecule has 3 amide bonds. The predicted molar refractivity (Wildman–Crippen MR) is 153 cm³/mol. The minimum absolute atomic E-state index is 0.00930. The first-order valence-corrected chi connectivity index (χ1v) is 15.2. The molecule has 0 aromatic rings. The van der Waals surface area contributed by atoms with Gasteiger partial charge < -0.3 is 24.5 Å². The summed E-state index contributed by atoms with van der Waals surface area (Å²) >= 11 is 1.68. The van der Waals surface area contributed by atoms with Crippen LogP contribution in [0.4, 0.5) is 0 Å². The third-order valence-corrected chi connectivity index (χ3v) is 10.8. The van der Waals surface area contributed by atoms with Gasteiger partial charge in [-0.25, -0.2) is 0 Å². The minimum atomic E-state index is -0.715. The molecule has 0 radical (unpaired) electrons. The molecule has 4 saturated heterocycles. The lowest BCUT2D eigenvalue weighted by Crippen LogP contribution is -2.58. The van der Waals surface area contributed by atoms with E-state index in [-0.39, 0.29) is 35.5 Å². The maximum Gasteiger partial charge on any atom is 0.247 e. The Kier molecular flexibility index (Phi) is 9.83. The number of likely N-dealkylation sites (N-methyl/N-ethyl adjacent to an activating group) is 1.